The van der Waals surface area contributed by atoms with E-state index < -0.39 is 58.5 Å². The minimum Gasteiger partial charge on any atom is -0.468 e. The van der Waals surface area contributed by atoms with Crippen LogP contribution in [0.2, 0.25) is 0 Å². The summed E-state index contributed by atoms with van der Waals surface area (Å²) in [5.41, 5.74) is -1.71. The summed E-state index contributed by atoms with van der Waals surface area (Å²) in [5.74, 6) is -0.365. The average molecular weight is 650 g/mol. The predicted molar refractivity (Wildman–Crippen MR) is 166 cm³/mol. The van der Waals surface area contributed by atoms with E-state index in [1.807, 2.05) is 18.7 Å². The number of nitro groups is 1. The summed E-state index contributed by atoms with van der Waals surface area (Å²) in [6, 6.07) is 3.12. The number of nitro benzene ring substituents is 1. The van der Waals surface area contributed by atoms with Gasteiger partial charge in [0.1, 0.15) is 23.0 Å². The van der Waals surface area contributed by atoms with Crippen molar-refractivity contribution in [3.63, 3.8) is 0 Å². The highest BCUT2D eigenvalue weighted by molar-refractivity contribution is 5.77. The molecule has 2 aliphatic rings. The number of amides is 3. The summed E-state index contributed by atoms with van der Waals surface area (Å²) in [4.78, 5) is 70.1. The number of carbonyl (C=O) groups excluding carboxylic acids is 4. The summed E-state index contributed by atoms with van der Waals surface area (Å²) >= 11 is 0. The zero-order valence-electron chi connectivity index (χ0n) is 28.2. The lowest BCUT2D eigenvalue weighted by Crippen LogP contribution is -2.62. The monoisotopic (exact) mass is 649 g/mol. The molecule has 15 heteroatoms. The van der Waals surface area contributed by atoms with Gasteiger partial charge in [0.15, 0.2) is 0 Å². The lowest BCUT2D eigenvalue weighted by molar-refractivity contribution is -0.384. The Morgan fingerprint density at radius 3 is 2.07 bits per heavy atom. The second-order valence-electron chi connectivity index (χ2n) is 13.7. The van der Waals surface area contributed by atoms with Gasteiger partial charge >= 0.3 is 24.2 Å². The fourth-order valence-electron chi connectivity index (χ4n) is 5.46. The van der Waals surface area contributed by atoms with Gasteiger partial charge < -0.3 is 28.7 Å². The first kappa shape index (κ1) is 36.3. The molecule has 3 amide bonds. The number of nitrogens with zero attached hydrogens (tertiary/aromatic N) is 5. The summed E-state index contributed by atoms with van der Waals surface area (Å²) in [5, 5.41) is 11.1. The molecule has 46 heavy (non-hydrogen) atoms. The SMILES string of the molecule is COC(=O)[C@@H]1C[C@@H](N(C[C@@H]2CN(C(=O)OC(C)(C)C)CCN2C(=O)OC(C)(C)C)C(=O)Oc2ccc([N+](=O)[O-])cc2)CN1C(C)C. The molecule has 0 bridgehead atoms. The van der Waals surface area contributed by atoms with E-state index in [4.69, 9.17) is 18.9 Å². The number of likely N-dealkylation sites (tertiary alicyclic amines) is 1. The van der Waals surface area contributed by atoms with Crippen LogP contribution in [-0.4, -0.2) is 124 Å². The minimum absolute atomic E-state index is 0.0382. The number of carbonyl (C=O) groups is 4. The molecule has 3 atom stereocenters. The second kappa shape index (κ2) is 14.5. The van der Waals surface area contributed by atoms with Gasteiger partial charge in [-0.05, 0) is 73.9 Å². The molecule has 0 radical (unpaired) electrons. The largest absolute Gasteiger partial charge is 0.468 e. The highest BCUT2D eigenvalue weighted by Crippen LogP contribution is 2.29. The molecular formula is C31H47N5O10. The van der Waals surface area contributed by atoms with Crippen molar-refractivity contribution in [2.24, 2.45) is 0 Å². The number of ether oxygens (including phenoxy) is 4. The van der Waals surface area contributed by atoms with Crippen LogP contribution < -0.4 is 4.74 Å². The molecule has 0 saturated carbocycles. The topological polar surface area (TPSA) is 161 Å². The van der Waals surface area contributed by atoms with E-state index in [1.165, 1.54) is 46.1 Å². The molecule has 0 N–H and O–H groups in total. The summed E-state index contributed by atoms with van der Waals surface area (Å²) in [7, 11) is 1.31. The maximum Gasteiger partial charge on any atom is 0.415 e. The first-order valence-corrected chi connectivity index (χ1v) is 15.3. The molecule has 0 unspecified atom stereocenters. The van der Waals surface area contributed by atoms with E-state index in [2.05, 4.69) is 0 Å². The van der Waals surface area contributed by atoms with Crippen molar-refractivity contribution in [2.75, 3.05) is 39.8 Å². The van der Waals surface area contributed by atoms with Crippen molar-refractivity contribution in [3.05, 3.63) is 34.4 Å². The predicted octanol–water partition coefficient (Wildman–Crippen LogP) is 4.28. The van der Waals surface area contributed by atoms with Crippen LogP contribution in [0.1, 0.15) is 61.8 Å². The fourth-order valence-corrected chi connectivity index (χ4v) is 5.46. The standard InChI is InChI=1S/C31H47N5O10/c1-20(2)34-18-22(16-25(34)26(37)43-9)35(28(39)44-24-12-10-21(11-13-24)36(41)42)19-23-17-32(27(38)45-30(3,4)5)14-15-33(23)29(40)46-31(6,7)8/h10-13,20,22-23,25H,14-19H2,1-9H3/t22-,23+,25+/m1/s1. The molecule has 0 spiro atoms. The lowest BCUT2D eigenvalue weighted by atomic mass is 10.1. The normalized spacial score (nSPS) is 20.7. The smallest absolute Gasteiger partial charge is 0.415 e. The van der Waals surface area contributed by atoms with E-state index in [1.54, 1.807) is 41.5 Å². The molecule has 0 aromatic heterocycles. The van der Waals surface area contributed by atoms with Gasteiger partial charge in [-0.3, -0.25) is 24.7 Å². The first-order chi connectivity index (χ1) is 21.3. The van der Waals surface area contributed by atoms with Gasteiger partial charge in [-0.25, -0.2) is 14.4 Å². The Morgan fingerprint density at radius 1 is 0.957 bits per heavy atom. The number of piperazine rings is 1. The Morgan fingerprint density at radius 2 is 1.54 bits per heavy atom. The molecular weight excluding hydrogens is 602 g/mol. The minimum atomic E-state index is -0.796. The highest BCUT2D eigenvalue weighted by Gasteiger charge is 2.45. The van der Waals surface area contributed by atoms with Crippen molar-refractivity contribution in [1.29, 1.82) is 0 Å². The van der Waals surface area contributed by atoms with Crippen LogP contribution in [-0.2, 0) is 19.0 Å². The third-order valence-electron chi connectivity index (χ3n) is 7.55. The summed E-state index contributed by atoms with van der Waals surface area (Å²) in [6.45, 7) is 15.0. The Kier molecular flexibility index (Phi) is 11.5. The van der Waals surface area contributed by atoms with Gasteiger partial charge in [-0.15, -0.1) is 0 Å². The van der Waals surface area contributed by atoms with E-state index in [0.717, 1.165) is 0 Å². The van der Waals surface area contributed by atoms with Gasteiger partial charge in [0.05, 0.1) is 18.1 Å². The average Bonchev–Trinajstić information content (AvgIpc) is 3.39. The third kappa shape index (κ3) is 9.68. The van der Waals surface area contributed by atoms with E-state index in [0.29, 0.717) is 6.54 Å². The number of benzene rings is 1. The zero-order chi connectivity index (χ0) is 34.6. The van der Waals surface area contributed by atoms with Crippen LogP contribution >= 0.6 is 0 Å². The molecule has 15 nitrogen and oxygen atoms in total. The Labute approximate surface area is 269 Å². The fraction of sp³-hybridized carbons (Fsp3) is 0.677. The molecule has 2 heterocycles. The van der Waals surface area contributed by atoms with Crippen molar-refractivity contribution in [3.8, 4) is 5.75 Å². The number of hydrogen-bond acceptors (Lipinski definition) is 11. The van der Waals surface area contributed by atoms with Crippen LogP contribution in [0.3, 0.4) is 0 Å². The Bertz CT molecular complexity index is 1270. The zero-order valence-corrected chi connectivity index (χ0v) is 28.2. The van der Waals surface area contributed by atoms with Gasteiger partial charge in [0.25, 0.3) is 5.69 Å². The molecule has 1 aromatic carbocycles. The number of methoxy groups -OCH3 is 1. The van der Waals surface area contributed by atoms with Crippen LogP contribution in [0.25, 0.3) is 0 Å². The Hall–Kier alpha value is -4.14. The number of rotatable bonds is 7. The second-order valence-corrected chi connectivity index (χ2v) is 13.7. The van der Waals surface area contributed by atoms with Gasteiger partial charge in [-0.2, -0.15) is 0 Å². The number of hydrogen-bond donors (Lipinski definition) is 0. The van der Waals surface area contributed by atoms with Crippen LogP contribution in [0, 0.1) is 10.1 Å². The third-order valence-corrected chi connectivity index (χ3v) is 7.55. The Balaban J connectivity index is 1.99. The van der Waals surface area contributed by atoms with Gasteiger partial charge in [-0.1, -0.05) is 0 Å². The van der Waals surface area contributed by atoms with Crippen LogP contribution in [0.4, 0.5) is 20.1 Å². The first-order valence-electron chi connectivity index (χ1n) is 15.3. The lowest BCUT2D eigenvalue weighted by Gasteiger charge is -2.44. The van der Waals surface area contributed by atoms with E-state index in [-0.39, 0.29) is 50.1 Å². The molecule has 2 aliphatic heterocycles. The summed E-state index contributed by atoms with van der Waals surface area (Å²) in [6.07, 6.45) is -1.71. The van der Waals surface area contributed by atoms with Gasteiger partial charge in [0, 0.05) is 56.9 Å². The summed E-state index contributed by atoms with van der Waals surface area (Å²) < 4.78 is 22.0. The van der Waals surface area contributed by atoms with Gasteiger partial charge in [0.2, 0.25) is 0 Å². The molecule has 2 saturated heterocycles. The van der Waals surface area contributed by atoms with Crippen molar-refractivity contribution < 1.29 is 43.0 Å². The number of esters is 1. The molecule has 0 aliphatic carbocycles. The van der Waals surface area contributed by atoms with E-state index in [9.17, 15) is 29.3 Å². The van der Waals surface area contributed by atoms with Crippen LogP contribution in [0.15, 0.2) is 24.3 Å². The van der Waals surface area contributed by atoms with Crippen LogP contribution in [0.5, 0.6) is 5.75 Å². The number of non-ortho nitro benzene ring substituents is 1. The molecule has 3 rings (SSSR count). The van der Waals surface area contributed by atoms with Crippen molar-refractivity contribution in [1.82, 2.24) is 19.6 Å². The molecule has 1 aromatic rings. The molecule has 256 valence electrons. The quantitative estimate of drug-likeness (QED) is 0.179. The van der Waals surface area contributed by atoms with Crippen molar-refractivity contribution in [2.45, 2.75) is 97.2 Å². The van der Waals surface area contributed by atoms with Crippen molar-refractivity contribution >= 4 is 29.9 Å². The molecule has 2 fully saturated rings. The highest BCUT2D eigenvalue weighted by atomic mass is 16.6. The maximum atomic E-state index is 13.9. The van der Waals surface area contributed by atoms with E-state index >= 15 is 0 Å². The maximum absolute atomic E-state index is 13.9.